The first-order valence-corrected chi connectivity index (χ1v) is 10.3. The maximum Gasteiger partial charge on any atom is 0.335 e. The van der Waals surface area contributed by atoms with Gasteiger partial charge in [0.15, 0.2) is 0 Å². The fourth-order valence-corrected chi connectivity index (χ4v) is 3.47. The van der Waals surface area contributed by atoms with Gasteiger partial charge in [-0.25, -0.2) is 9.69 Å². The van der Waals surface area contributed by atoms with E-state index in [9.17, 15) is 24.5 Å². The van der Waals surface area contributed by atoms with Crippen molar-refractivity contribution in [1.82, 2.24) is 5.32 Å². The smallest absolute Gasteiger partial charge is 0.335 e. The lowest BCUT2D eigenvalue weighted by atomic mass is 10.1. The number of hydrogen-bond donors (Lipinski definition) is 1. The van der Waals surface area contributed by atoms with Gasteiger partial charge >= 0.3 is 6.03 Å². The van der Waals surface area contributed by atoms with Crippen LogP contribution >= 0.6 is 11.6 Å². The van der Waals surface area contributed by atoms with Crippen LogP contribution in [0.5, 0.6) is 5.75 Å². The van der Waals surface area contributed by atoms with E-state index in [1.54, 1.807) is 12.1 Å². The average Bonchev–Trinajstić information content (AvgIpc) is 2.82. The van der Waals surface area contributed by atoms with Crippen molar-refractivity contribution in [3.63, 3.8) is 0 Å². The maximum absolute atomic E-state index is 13.1. The predicted octanol–water partition coefficient (Wildman–Crippen LogP) is 4.49. The number of amides is 4. The van der Waals surface area contributed by atoms with Gasteiger partial charge in [-0.2, -0.15) is 0 Å². The molecule has 1 N–H and O–H groups in total. The molecule has 1 fully saturated rings. The van der Waals surface area contributed by atoms with Crippen LogP contribution in [-0.2, 0) is 16.2 Å². The van der Waals surface area contributed by atoms with E-state index in [1.165, 1.54) is 30.3 Å². The SMILES string of the molecule is O=C1NC(=O)N(c2cccc([N+](=O)[O-])c2)C(=O)/C1=C/c1cc(Cl)ccc1OCc1ccccc1. The number of ether oxygens (including phenoxy) is 1. The van der Waals surface area contributed by atoms with Gasteiger partial charge in [0.1, 0.15) is 17.9 Å². The molecular formula is C24H16ClN3O6. The van der Waals surface area contributed by atoms with Gasteiger partial charge < -0.3 is 4.74 Å². The third-order valence-electron chi connectivity index (χ3n) is 4.91. The fraction of sp³-hybridized carbons (Fsp3) is 0.0417. The molecule has 0 radical (unpaired) electrons. The highest BCUT2D eigenvalue weighted by atomic mass is 35.5. The molecule has 0 atom stereocenters. The molecule has 0 saturated carbocycles. The first-order chi connectivity index (χ1) is 16.3. The molecule has 1 aliphatic heterocycles. The molecule has 1 saturated heterocycles. The summed E-state index contributed by atoms with van der Waals surface area (Å²) in [7, 11) is 0. The minimum Gasteiger partial charge on any atom is -0.488 e. The number of nitro benzene ring substituents is 1. The van der Waals surface area contributed by atoms with E-state index < -0.39 is 22.8 Å². The van der Waals surface area contributed by atoms with Crippen LogP contribution in [0.2, 0.25) is 5.02 Å². The van der Waals surface area contributed by atoms with Gasteiger partial charge in [0.25, 0.3) is 17.5 Å². The number of imide groups is 2. The summed E-state index contributed by atoms with van der Waals surface area (Å²) >= 11 is 6.12. The Balaban J connectivity index is 1.69. The number of carbonyl (C=O) groups excluding carboxylic acids is 3. The predicted molar refractivity (Wildman–Crippen MR) is 124 cm³/mol. The Bertz CT molecular complexity index is 1340. The molecule has 4 rings (SSSR count). The third-order valence-corrected chi connectivity index (χ3v) is 5.14. The lowest BCUT2D eigenvalue weighted by Gasteiger charge is -2.26. The average molecular weight is 478 g/mol. The van der Waals surface area contributed by atoms with Crippen LogP contribution in [-0.4, -0.2) is 22.8 Å². The number of barbiturate groups is 1. The summed E-state index contributed by atoms with van der Waals surface area (Å²) in [6.07, 6.45) is 1.26. The Morgan fingerprint density at radius 2 is 1.76 bits per heavy atom. The zero-order chi connectivity index (χ0) is 24.2. The molecule has 1 aliphatic rings. The van der Waals surface area contributed by atoms with Gasteiger partial charge in [0, 0.05) is 22.7 Å². The van der Waals surface area contributed by atoms with Gasteiger partial charge in [-0.05, 0) is 35.9 Å². The Labute approximate surface area is 198 Å². The third kappa shape index (κ3) is 4.79. The molecular weight excluding hydrogens is 462 g/mol. The van der Waals surface area contributed by atoms with E-state index in [-0.39, 0.29) is 23.6 Å². The lowest BCUT2D eigenvalue weighted by molar-refractivity contribution is -0.384. The molecule has 1 heterocycles. The molecule has 3 aromatic carbocycles. The molecule has 0 bridgehead atoms. The van der Waals surface area contributed by atoms with E-state index in [1.807, 2.05) is 30.3 Å². The number of hydrogen-bond acceptors (Lipinski definition) is 6. The van der Waals surface area contributed by atoms with Crippen LogP contribution in [0.1, 0.15) is 11.1 Å². The molecule has 34 heavy (non-hydrogen) atoms. The van der Waals surface area contributed by atoms with Crippen molar-refractivity contribution in [2.24, 2.45) is 0 Å². The molecule has 4 amide bonds. The van der Waals surface area contributed by atoms with E-state index in [0.29, 0.717) is 21.2 Å². The van der Waals surface area contributed by atoms with Crippen molar-refractivity contribution in [3.8, 4) is 5.75 Å². The quantitative estimate of drug-likeness (QED) is 0.242. The van der Waals surface area contributed by atoms with Crippen LogP contribution in [0, 0.1) is 10.1 Å². The van der Waals surface area contributed by atoms with Crippen LogP contribution in [0.15, 0.2) is 78.4 Å². The van der Waals surface area contributed by atoms with E-state index in [4.69, 9.17) is 16.3 Å². The number of non-ortho nitro benzene ring substituents is 1. The zero-order valence-corrected chi connectivity index (χ0v) is 18.2. The summed E-state index contributed by atoms with van der Waals surface area (Å²) in [5.41, 5.74) is 0.520. The Morgan fingerprint density at radius 1 is 1.00 bits per heavy atom. The molecule has 3 aromatic rings. The summed E-state index contributed by atoms with van der Waals surface area (Å²) in [6.45, 7) is 0.233. The van der Waals surface area contributed by atoms with Crippen molar-refractivity contribution in [2.45, 2.75) is 6.61 Å². The van der Waals surface area contributed by atoms with Crippen LogP contribution < -0.4 is 15.0 Å². The van der Waals surface area contributed by atoms with Crippen molar-refractivity contribution in [2.75, 3.05) is 4.90 Å². The molecule has 0 unspecified atom stereocenters. The number of benzene rings is 3. The minimum absolute atomic E-state index is 0.0539. The van der Waals surface area contributed by atoms with Gasteiger partial charge in [-0.15, -0.1) is 0 Å². The lowest BCUT2D eigenvalue weighted by Crippen LogP contribution is -2.54. The Morgan fingerprint density at radius 3 is 2.50 bits per heavy atom. The summed E-state index contributed by atoms with van der Waals surface area (Å²) < 4.78 is 5.86. The summed E-state index contributed by atoms with van der Waals surface area (Å²) in [5.74, 6) is -1.49. The van der Waals surface area contributed by atoms with Crippen molar-refractivity contribution >= 4 is 46.9 Å². The zero-order valence-electron chi connectivity index (χ0n) is 17.4. The molecule has 0 aliphatic carbocycles. The Hall–Kier alpha value is -4.50. The van der Waals surface area contributed by atoms with Crippen molar-refractivity contribution in [1.29, 1.82) is 0 Å². The topological polar surface area (TPSA) is 119 Å². The van der Waals surface area contributed by atoms with Crippen molar-refractivity contribution in [3.05, 3.63) is 105 Å². The maximum atomic E-state index is 13.1. The largest absolute Gasteiger partial charge is 0.488 e. The number of urea groups is 1. The second-order valence-electron chi connectivity index (χ2n) is 7.19. The summed E-state index contributed by atoms with van der Waals surface area (Å²) in [6, 6.07) is 18.1. The highest BCUT2D eigenvalue weighted by Gasteiger charge is 2.37. The van der Waals surface area contributed by atoms with Crippen LogP contribution in [0.3, 0.4) is 0 Å². The molecule has 0 aromatic heterocycles. The van der Waals surface area contributed by atoms with Crippen molar-refractivity contribution < 1.29 is 24.0 Å². The number of nitro groups is 1. The standard InChI is InChI=1S/C24H16ClN3O6/c25-17-9-10-21(34-14-15-5-2-1-3-6-15)16(11-17)12-20-22(29)26-24(31)27(23(20)30)18-7-4-8-19(13-18)28(32)33/h1-13H,14H2,(H,26,29,31)/b20-12+. The Kier molecular flexibility index (Phi) is 6.37. The number of nitrogens with one attached hydrogen (secondary N) is 1. The summed E-state index contributed by atoms with van der Waals surface area (Å²) in [4.78, 5) is 49.2. The highest BCUT2D eigenvalue weighted by molar-refractivity contribution is 6.39. The van der Waals surface area contributed by atoms with E-state index >= 15 is 0 Å². The molecule has 0 spiro atoms. The first-order valence-electron chi connectivity index (χ1n) is 9.95. The van der Waals surface area contributed by atoms with Gasteiger partial charge in [0.2, 0.25) is 0 Å². The van der Waals surface area contributed by atoms with E-state index in [2.05, 4.69) is 5.32 Å². The summed E-state index contributed by atoms with van der Waals surface area (Å²) in [5, 5.41) is 13.5. The number of anilines is 1. The first kappa shape index (κ1) is 22.7. The highest BCUT2D eigenvalue weighted by Crippen LogP contribution is 2.29. The second kappa shape index (κ2) is 9.55. The second-order valence-corrected chi connectivity index (χ2v) is 7.63. The monoisotopic (exact) mass is 477 g/mol. The van der Waals surface area contributed by atoms with Crippen LogP contribution in [0.25, 0.3) is 6.08 Å². The van der Waals surface area contributed by atoms with E-state index in [0.717, 1.165) is 11.6 Å². The number of halogens is 1. The number of nitrogens with zero attached hydrogens (tertiary/aromatic N) is 2. The molecule has 9 nitrogen and oxygen atoms in total. The minimum atomic E-state index is -1.01. The molecule has 170 valence electrons. The molecule has 10 heteroatoms. The van der Waals surface area contributed by atoms with Gasteiger partial charge in [-0.3, -0.25) is 25.0 Å². The number of carbonyl (C=O) groups is 3. The number of rotatable bonds is 6. The van der Waals surface area contributed by atoms with Crippen LogP contribution in [0.4, 0.5) is 16.2 Å². The van der Waals surface area contributed by atoms with Gasteiger partial charge in [0.05, 0.1) is 10.6 Å². The van der Waals surface area contributed by atoms with Gasteiger partial charge in [-0.1, -0.05) is 48.0 Å². The normalized spacial score (nSPS) is 14.8. The fourth-order valence-electron chi connectivity index (χ4n) is 3.29.